The summed E-state index contributed by atoms with van der Waals surface area (Å²) in [7, 11) is 1.82. The fraction of sp³-hybridized carbons (Fsp3) is 0.909. The SMILES string of the molecule is CN(C(=O)CCl)C1CCC2(CC1)OCCO2. The molecule has 0 atom stereocenters. The Hall–Kier alpha value is -0.320. The van der Waals surface area contributed by atoms with E-state index in [2.05, 4.69) is 0 Å². The van der Waals surface area contributed by atoms with Gasteiger partial charge in [-0.05, 0) is 12.8 Å². The van der Waals surface area contributed by atoms with Crippen LogP contribution < -0.4 is 0 Å². The van der Waals surface area contributed by atoms with Gasteiger partial charge in [0.25, 0.3) is 0 Å². The van der Waals surface area contributed by atoms with Crippen LogP contribution in [0.15, 0.2) is 0 Å². The van der Waals surface area contributed by atoms with Crippen LogP contribution in [0.4, 0.5) is 0 Å². The van der Waals surface area contributed by atoms with E-state index in [1.54, 1.807) is 4.90 Å². The van der Waals surface area contributed by atoms with Gasteiger partial charge in [-0.2, -0.15) is 0 Å². The number of amides is 1. The predicted octanol–water partition coefficient (Wildman–Crippen LogP) is 1.37. The molecule has 92 valence electrons. The molecule has 0 aromatic carbocycles. The molecule has 1 saturated heterocycles. The molecule has 0 aromatic heterocycles. The van der Waals surface area contributed by atoms with Crippen molar-refractivity contribution in [2.75, 3.05) is 26.1 Å². The Morgan fingerprint density at radius 1 is 1.38 bits per heavy atom. The van der Waals surface area contributed by atoms with Gasteiger partial charge in [-0.25, -0.2) is 0 Å². The molecule has 0 unspecified atom stereocenters. The van der Waals surface area contributed by atoms with E-state index in [1.165, 1.54) is 0 Å². The van der Waals surface area contributed by atoms with E-state index in [0.29, 0.717) is 13.2 Å². The van der Waals surface area contributed by atoms with Crippen molar-refractivity contribution in [1.29, 1.82) is 0 Å². The minimum atomic E-state index is -0.346. The van der Waals surface area contributed by atoms with Gasteiger partial charge in [0.05, 0.1) is 13.2 Å². The number of carbonyl (C=O) groups is 1. The van der Waals surface area contributed by atoms with E-state index in [0.717, 1.165) is 25.7 Å². The number of hydrogen-bond acceptors (Lipinski definition) is 3. The summed E-state index contributed by atoms with van der Waals surface area (Å²) in [5.41, 5.74) is 0. The summed E-state index contributed by atoms with van der Waals surface area (Å²) in [6, 6.07) is 0.282. The smallest absolute Gasteiger partial charge is 0.237 e. The molecule has 1 aliphatic carbocycles. The van der Waals surface area contributed by atoms with E-state index in [4.69, 9.17) is 21.1 Å². The second-order valence-electron chi connectivity index (χ2n) is 4.48. The van der Waals surface area contributed by atoms with Crippen LogP contribution in [-0.4, -0.2) is 48.8 Å². The number of carbonyl (C=O) groups excluding carboxylic acids is 1. The molecule has 0 radical (unpaired) electrons. The number of rotatable bonds is 2. The minimum Gasteiger partial charge on any atom is -0.348 e. The van der Waals surface area contributed by atoms with Crippen molar-refractivity contribution in [2.45, 2.75) is 37.5 Å². The number of nitrogens with zero attached hydrogens (tertiary/aromatic N) is 1. The van der Waals surface area contributed by atoms with E-state index in [1.807, 2.05) is 7.05 Å². The highest BCUT2D eigenvalue weighted by Gasteiger charge is 2.41. The molecular weight excluding hydrogens is 230 g/mol. The van der Waals surface area contributed by atoms with Crippen molar-refractivity contribution in [3.8, 4) is 0 Å². The highest BCUT2D eigenvalue weighted by atomic mass is 35.5. The van der Waals surface area contributed by atoms with Crippen LogP contribution in [0.2, 0.25) is 0 Å². The van der Waals surface area contributed by atoms with Crippen LogP contribution in [-0.2, 0) is 14.3 Å². The van der Waals surface area contributed by atoms with Gasteiger partial charge in [0.2, 0.25) is 5.91 Å². The molecule has 4 nitrogen and oxygen atoms in total. The highest BCUT2D eigenvalue weighted by Crippen LogP contribution is 2.37. The first-order chi connectivity index (χ1) is 7.67. The monoisotopic (exact) mass is 247 g/mol. The van der Waals surface area contributed by atoms with E-state index in [9.17, 15) is 4.79 Å². The quantitative estimate of drug-likeness (QED) is 0.692. The van der Waals surface area contributed by atoms with Crippen molar-refractivity contribution < 1.29 is 14.3 Å². The van der Waals surface area contributed by atoms with E-state index < -0.39 is 0 Å². The molecule has 1 saturated carbocycles. The summed E-state index contributed by atoms with van der Waals surface area (Å²) in [5, 5.41) is 0. The molecule has 0 bridgehead atoms. The van der Waals surface area contributed by atoms with Crippen molar-refractivity contribution in [3.63, 3.8) is 0 Å². The van der Waals surface area contributed by atoms with E-state index >= 15 is 0 Å². The van der Waals surface area contributed by atoms with Crippen LogP contribution in [0.1, 0.15) is 25.7 Å². The molecule has 16 heavy (non-hydrogen) atoms. The third kappa shape index (κ3) is 2.34. The topological polar surface area (TPSA) is 38.8 Å². The van der Waals surface area contributed by atoms with Crippen LogP contribution in [0.25, 0.3) is 0 Å². The molecule has 1 heterocycles. The van der Waals surface area contributed by atoms with Gasteiger partial charge < -0.3 is 14.4 Å². The molecule has 2 aliphatic rings. The lowest BCUT2D eigenvalue weighted by molar-refractivity contribution is -0.184. The number of alkyl halides is 1. The number of hydrogen-bond donors (Lipinski definition) is 0. The summed E-state index contributed by atoms with van der Waals surface area (Å²) in [6.45, 7) is 1.39. The van der Waals surface area contributed by atoms with Crippen LogP contribution in [0, 0.1) is 0 Å². The Labute approximate surface area is 101 Å². The van der Waals surface area contributed by atoms with E-state index in [-0.39, 0.29) is 23.6 Å². The van der Waals surface area contributed by atoms with Gasteiger partial charge in [-0.1, -0.05) is 0 Å². The molecule has 2 rings (SSSR count). The number of ether oxygens (including phenoxy) is 2. The van der Waals surface area contributed by atoms with Crippen LogP contribution >= 0.6 is 11.6 Å². The first-order valence-electron chi connectivity index (χ1n) is 5.76. The second kappa shape index (κ2) is 4.90. The maximum absolute atomic E-state index is 11.5. The summed E-state index contributed by atoms with van der Waals surface area (Å²) in [5.74, 6) is -0.289. The van der Waals surface area contributed by atoms with Crippen molar-refractivity contribution in [2.24, 2.45) is 0 Å². The Kier molecular flexibility index (Phi) is 3.72. The first kappa shape index (κ1) is 12.1. The largest absolute Gasteiger partial charge is 0.348 e. The molecule has 5 heteroatoms. The fourth-order valence-electron chi connectivity index (χ4n) is 2.51. The average molecular weight is 248 g/mol. The molecule has 0 aromatic rings. The predicted molar refractivity (Wildman–Crippen MR) is 60.4 cm³/mol. The normalized spacial score (nSPS) is 24.9. The van der Waals surface area contributed by atoms with Gasteiger partial charge in [0, 0.05) is 25.9 Å². The molecule has 1 aliphatic heterocycles. The van der Waals surface area contributed by atoms with Gasteiger partial charge in [0.1, 0.15) is 5.88 Å². The Morgan fingerprint density at radius 2 is 1.94 bits per heavy atom. The average Bonchev–Trinajstić information content (AvgIpc) is 2.77. The lowest BCUT2D eigenvalue weighted by Crippen LogP contribution is -2.45. The molecule has 2 fully saturated rings. The maximum atomic E-state index is 11.5. The lowest BCUT2D eigenvalue weighted by atomic mass is 9.89. The zero-order valence-electron chi connectivity index (χ0n) is 9.58. The fourth-order valence-corrected chi connectivity index (χ4v) is 2.70. The van der Waals surface area contributed by atoms with Gasteiger partial charge in [-0.3, -0.25) is 4.79 Å². The summed E-state index contributed by atoms with van der Waals surface area (Å²) in [6.07, 6.45) is 3.60. The molecule has 1 amide bonds. The third-order valence-electron chi connectivity index (χ3n) is 3.59. The maximum Gasteiger partial charge on any atom is 0.237 e. The summed E-state index contributed by atoms with van der Waals surface area (Å²) >= 11 is 5.55. The first-order valence-corrected chi connectivity index (χ1v) is 6.30. The van der Waals surface area contributed by atoms with Crippen molar-refractivity contribution in [3.05, 3.63) is 0 Å². The Balaban J connectivity index is 1.87. The number of halogens is 1. The van der Waals surface area contributed by atoms with Crippen LogP contribution in [0.5, 0.6) is 0 Å². The van der Waals surface area contributed by atoms with Crippen molar-refractivity contribution in [1.82, 2.24) is 4.90 Å². The molecule has 0 N–H and O–H groups in total. The van der Waals surface area contributed by atoms with Crippen LogP contribution in [0.3, 0.4) is 0 Å². The van der Waals surface area contributed by atoms with Gasteiger partial charge in [0.15, 0.2) is 5.79 Å². The molecule has 1 spiro atoms. The zero-order valence-corrected chi connectivity index (χ0v) is 10.3. The summed E-state index contributed by atoms with van der Waals surface area (Å²) in [4.78, 5) is 13.2. The second-order valence-corrected chi connectivity index (χ2v) is 4.74. The van der Waals surface area contributed by atoms with Gasteiger partial charge in [-0.15, -0.1) is 11.6 Å². The minimum absolute atomic E-state index is 0.00382. The standard InChI is InChI=1S/C11H18ClNO3/c1-13(10(14)8-12)9-2-4-11(5-3-9)15-6-7-16-11/h9H,2-8H2,1H3. The molecular formula is C11H18ClNO3. The highest BCUT2D eigenvalue weighted by molar-refractivity contribution is 6.27. The van der Waals surface area contributed by atoms with Gasteiger partial charge >= 0.3 is 0 Å². The Morgan fingerprint density at radius 3 is 2.44 bits per heavy atom. The summed E-state index contributed by atoms with van der Waals surface area (Å²) < 4.78 is 11.3. The third-order valence-corrected chi connectivity index (χ3v) is 3.81. The van der Waals surface area contributed by atoms with Crippen molar-refractivity contribution >= 4 is 17.5 Å². The lowest BCUT2D eigenvalue weighted by Gasteiger charge is -2.38. The zero-order chi connectivity index (χ0) is 11.6. The Bertz CT molecular complexity index is 256.